The molecule has 0 amide bonds. The van der Waals surface area contributed by atoms with Crippen LogP contribution in [0.2, 0.25) is 0 Å². The first kappa shape index (κ1) is 53.5. The lowest BCUT2D eigenvalue weighted by Gasteiger charge is -2.08. The summed E-state index contributed by atoms with van der Waals surface area (Å²) in [7, 11) is 34.4. The molecule has 6 rings (SSSR count). The van der Waals surface area contributed by atoms with Gasteiger partial charge in [0.05, 0.1) is 0 Å². The second-order valence-corrected chi connectivity index (χ2v) is 48.4. The van der Waals surface area contributed by atoms with Crippen molar-refractivity contribution in [3.8, 4) is 0 Å². The third-order valence-corrected chi connectivity index (χ3v) is 50.5. The molecule has 0 saturated carbocycles. The maximum atomic E-state index is 11.0. The summed E-state index contributed by atoms with van der Waals surface area (Å²) in [5.41, 5.74) is 7.48. The first-order valence-electron chi connectivity index (χ1n) is 14.3. The van der Waals surface area contributed by atoms with Crippen LogP contribution in [0.25, 0.3) is 21.5 Å². The molecular formula is C27H20Br2O2S25. The zero-order chi connectivity index (χ0) is 40.4. The molecule has 0 atom stereocenters. The van der Waals surface area contributed by atoms with E-state index in [0.717, 1.165) is 63.7 Å². The topological polar surface area (TPSA) is 34.1 Å². The quantitative estimate of drug-likeness (QED) is 0.208. The monoisotopic (exact) mass is 1330 g/mol. The van der Waals surface area contributed by atoms with Crippen LogP contribution in [0.3, 0.4) is 0 Å². The zero-order valence-corrected chi connectivity index (χ0v) is 50.7. The van der Waals surface area contributed by atoms with Crippen molar-refractivity contribution in [2.75, 3.05) is 0 Å². The van der Waals surface area contributed by atoms with Crippen molar-refractivity contribution >= 4 is 297 Å². The average molecular weight is 1340 g/mol. The molecule has 29 heteroatoms. The second-order valence-electron chi connectivity index (χ2n) is 9.53. The molecular weight excluding hydrogens is 1320 g/mol. The summed E-state index contributed by atoms with van der Waals surface area (Å²) in [6.45, 7) is 0. The number of halogens is 2. The Morgan fingerprint density at radius 3 is 1.11 bits per heavy atom. The lowest BCUT2D eigenvalue weighted by atomic mass is 9.98. The Balaban J connectivity index is 0.000000202. The highest BCUT2D eigenvalue weighted by molar-refractivity contribution is 9.11. The van der Waals surface area contributed by atoms with Crippen LogP contribution in [0, 0.1) is 0 Å². The lowest BCUT2D eigenvalue weighted by molar-refractivity contribution is -0.107. The Labute approximate surface area is 421 Å². The largest absolute Gasteiger partial charge is 0.303 e. The van der Waals surface area contributed by atoms with Crippen molar-refractivity contribution in [2.45, 2.75) is 32.1 Å². The van der Waals surface area contributed by atoms with Gasteiger partial charge in [0.15, 0.2) is 6.29 Å². The Morgan fingerprint density at radius 1 is 0.429 bits per heavy atom. The molecule has 2 aliphatic carbocycles. The number of hydrogen-bond acceptors (Lipinski definition) is 6. The second kappa shape index (κ2) is 33.7. The van der Waals surface area contributed by atoms with Crippen LogP contribution in [0.5, 0.6) is 0 Å². The zero-order valence-electron chi connectivity index (χ0n) is 27.1. The number of benzene rings is 4. The van der Waals surface area contributed by atoms with E-state index in [0.29, 0.717) is 6.42 Å². The van der Waals surface area contributed by atoms with Crippen LogP contribution in [0.4, 0.5) is 0 Å². The lowest BCUT2D eigenvalue weighted by Crippen LogP contribution is -1.91. The number of carbonyl (C=O) groups is 2. The summed E-state index contributed by atoms with van der Waals surface area (Å²) >= 11 is 25.9. The molecule has 0 bridgehead atoms. The van der Waals surface area contributed by atoms with Gasteiger partial charge in [0.1, 0.15) is 6.29 Å². The molecule has 0 aliphatic heterocycles. The highest BCUT2D eigenvalue weighted by atomic mass is 79.9. The van der Waals surface area contributed by atoms with E-state index >= 15 is 0 Å². The summed E-state index contributed by atoms with van der Waals surface area (Å²) in [5.74, 6) is 0. The highest BCUT2D eigenvalue weighted by Gasteiger charge is 2.18. The Hall–Kier alpha value is 3.20. The number of aryl methyl sites for hydroxylation is 4. The van der Waals surface area contributed by atoms with E-state index in [-0.39, 0.29) is 0 Å². The van der Waals surface area contributed by atoms with Gasteiger partial charge in [-0.15, -0.1) is 0 Å². The van der Waals surface area contributed by atoms with Gasteiger partial charge in [-0.2, -0.15) is 0 Å². The number of hydrogen-bond donors (Lipinski definition) is 0. The van der Waals surface area contributed by atoms with E-state index in [1.54, 1.807) is 151 Å². The molecule has 56 heavy (non-hydrogen) atoms. The molecule has 0 radical (unpaired) electrons. The maximum absolute atomic E-state index is 11.0. The first-order chi connectivity index (χ1) is 27.4. The van der Waals surface area contributed by atoms with Crippen LogP contribution in [0.15, 0.2) is 57.5 Å². The van der Waals surface area contributed by atoms with E-state index in [1.807, 2.05) is 12.1 Å². The Morgan fingerprint density at radius 2 is 0.750 bits per heavy atom. The molecule has 0 fully saturated rings. The van der Waals surface area contributed by atoms with Gasteiger partial charge in [-0.3, -0.25) is 4.79 Å². The van der Waals surface area contributed by atoms with Gasteiger partial charge >= 0.3 is 0 Å². The molecule has 2 aliphatic rings. The third-order valence-electron chi connectivity index (χ3n) is 6.97. The molecule has 2 nitrogen and oxygen atoms in total. The summed E-state index contributed by atoms with van der Waals surface area (Å²) in [6.07, 6.45) is 6.87. The number of carbonyl (C=O) groups excluding carboxylic acids is 2. The van der Waals surface area contributed by atoms with Crippen LogP contribution in [-0.4, -0.2) is 12.6 Å². The van der Waals surface area contributed by atoms with Crippen LogP contribution in [0.1, 0.15) is 38.2 Å². The summed E-state index contributed by atoms with van der Waals surface area (Å²) < 4.78 is 2.12. The third kappa shape index (κ3) is 19.1. The van der Waals surface area contributed by atoms with Crippen molar-refractivity contribution < 1.29 is 9.59 Å². The fourth-order valence-corrected chi connectivity index (χ4v) is 53.0. The van der Waals surface area contributed by atoms with E-state index in [9.17, 15) is 9.59 Å². The molecule has 4 aromatic carbocycles. The van der Waals surface area contributed by atoms with E-state index in [2.05, 4.69) is 90.6 Å². The van der Waals surface area contributed by atoms with Gasteiger partial charge < -0.3 is 4.79 Å². The van der Waals surface area contributed by atoms with Crippen LogP contribution >= 0.6 is 31.9 Å². The van der Waals surface area contributed by atoms with Crippen molar-refractivity contribution in [3.05, 3.63) is 90.9 Å². The molecule has 0 unspecified atom stereocenters. The fourth-order valence-electron chi connectivity index (χ4n) is 5.22. The summed E-state index contributed by atoms with van der Waals surface area (Å²) in [6, 6.07) is 16.7. The Kier molecular flexibility index (Phi) is 32.2. The van der Waals surface area contributed by atoms with Gasteiger partial charge in [-0.25, -0.2) is 0 Å². The van der Waals surface area contributed by atoms with Crippen molar-refractivity contribution in [3.63, 3.8) is 0 Å². The van der Waals surface area contributed by atoms with Crippen molar-refractivity contribution in [1.82, 2.24) is 0 Å². The standard InChI is InChI=1S/C14H11BrO.C13H9BrO.S13.S12/c15-12-6-5-10-2-1-9-3-4-11(7-8-16)14(12)13(9)10;14-11-6-5-9-2-1-8-3-4-10(7-15)13(11)12(8)9;1-3-5-7-9-11-13-12-10-8-6-4-2;1-3-5-7-9-11-12-10-8-6-4-2/h3-6,8H,1-2,7H2;3-7H,1-2H2;;. The molecule has 0 spiro atoms. The smallest absolute Gasteiger partial charge is 0.150 e. The van der Waals surface area contributed by atoms with Gasteiger partial charge in [-0.1, -0.05) is 68.3 Å². The Bertz CT molecular complexity index is 3010. The van der Waals surface area contributed by atoms with Crippen molar-refractivity contribution in [1.29, 1.82) is 0 Å². The van der Waals surface area contributed by atoms with Crippen molar-refractivity contribution in [2.24, 2.45) is 0 Å². The van der Waals surface area contributed by atoms with Gasteiger partial charge in [0.2, 0.25) is 0 Å². The number of aldehydes is 2. The van der Waals surface area contributed by atoms with E-state index in [4.69, 9.17) is 22.4 Å². The molecule has 304 valence electrons. The summed E-state index contributed by atoms with van der Waals surface area (Å²) in [5, 5.41) is 4.97. The first-order valence-corrected chi connectivity index (χ1v) is 46.5. The predicted octanol–water partition coefficient (Wildman–Crippen LogP) is 6.90. The molecule has 0 saturated heterocycles. The summed E-state index contributed by atoms with van der Waals surface area (Å²) in [4.78, 5) is 21.7. The average Bonchev–Trinajstić information content (AvgIpc) is 3.84. The van der Waals surface area contributed by atoms with E-state index in [1.165, 1.54) is 73.9 Å². The highest BCUT2D eigenvalue weighted by Crippen LogP contribution is 2.38. The van der Waals surface area contributed by atoms with E-state index < -0.39 is 0 Å². The molecule has 0 N–H and O–H groups in total. The van der Waals surface area contributed by atoms with Crippen LogP contribution < -0.4 is 0 Å². The predicted molar refractivity (Wildman–Crippen MR) is 317 cm³/mol. The van der Waals surface area contributed by atoms with Gasteiger partial charge in [-0.05, 0) is 76.4 Å². The molecule has 4 aromatic rings. The normalized spacial score (nSPS) is 10.5. The molecule has 0 aromatic heterocycles. The van der Waals surface area contributed by atoms with Crippen LogP contribution in [-0.2, 0) is 268 Å². The SMILES string of the molecule is O=CCc1ccc2c3c(ccc(Br)c13)CC2.O=Cc1ccc2c3c(ccc(Br)c13)CC2.S=S=S=S=S=S=S=S=S=S=S=S.S=S=S=S=S=S=S=S=S=S=S=S=S. The maximum Gasteiger partial charge on any atom is 0.150 e. The van der Waals surface area contributed by atoms with Gasteiger partial charge in [0, 0.05) is 263 Å². The number of rotatable bonds is 3. The molecule has 0 heterocycles. The minimum absolute atomic E-state index is 0.499. The fraction of sp³-hybridized carbons (Fsp3) is 0.185. The minimum Gasteiger partial charge on any atom is -0.303 e. The minimum atomic E-state index is 0.499. The van der Waals surface area contributed by atoms with Gasteiger partial charge in [0.25, 0.3) is 0 Å².